The molecule has 26 heavy (non-hydrogen) atoms. The maximum Gasteiger partial charge on any atom is 0.225 e. The molecule has 2 aliphatic rings. The summed E-state index contributed by atoms with van der Waals surface area (Å²) in [6.07, 6.45) is 5.76. The molecule has 1 aliphatic carbocycles. The quantitative estimate of drug-likeness (QED) is 0.764. The number of sulfonamides is 1. The Kier molecular flexibility index (Phi) is 6.25. The van der Waals surface area contributed by atoms with Gasteiger partial charge in [0.2, 0.25) is 15.9 Å². The molecule has 0 radical (unpaired) electrons. The van der Waals surface area contributed by atoms with E-state index in [4.69, 9.17) is 11.6 Å². The number of piperidine rings is 1. The zero-order chi connectivity index (χ0) is 18.7. The van der Waals surface area contributed by atoms with E-state index in [0.717, 1.165) is 12.8 Å². The highest BCUT2D eigenvalue weighted by atomic mass is 35.5. The van der Waals surface area contributed by atoms with Gasteiger partial charge in [0.15, 0.2) is 0 Å². The highest BCUT2D eigenvalue weighted by Gasteiger charge is 2.34. The number of hydrogen-bond acceptors (Lipinski definition) is 3. The molecule has 144 valence electrons. The highest BCUT2D eigenvalue weighted by molar-refractivity contribution is 7.88. The highest BCUT2D eigenvalue weighted by Crippen LogP contribution is 2.28. The number of carbonyl (C=O) groups is 1. The van der Waals surface area contributed by atoms with Gasteiger partial charge in [-0.15, -0.1) is 0 Å². The van der Waals surface area contributed by atoms with Gasteiger partial charge >= 0.3 is 0 Å². The molecule has 7 heteroatoms. The van der Waals surface area contributed by atoms with Crippen molar-refractivity contribution in [2.75, 3.05) is 20.1 Å². The van der Waals surface area contributed by atoms with Crippen LogP contribution in [0.25, 0.3) is 0 Å². The Morgan fingerprint density at radius 2 is 1.77 bits per heavy atom. The molecule has 1 saturated carbocycles. The van der Waals surface area contributed by atoms with Crippen LogP contribution in [0.5, 0.6) is 0 Å². The monoisotopic (exact) mass is 398 g/mol. The maximum absolute atomic E-state index is 12.7. The van der Waals surface area contributed by atoms with E-state index in [1.165, 1.54) is 17.1 Å². The van der Waals surface area contributed by atoms with Gasteiger partial charge in [-0.05, 0) is 37.3 Å². The van der Waals surface area contributed by atoms with Crippen molar-refractivity contribution in [1.82, 2.24) is 9.21 Å². The predicted molar refractivity (Wildman–Crippen MR) is 103 cm³/mol. The van der Waals surface area contributed by atoms with Crippen molar-refractivity contribution in [3.63, 3.8) is 0 Å². The number of amides is 1. The van der Waals surface area contributed by atoms with Gasteiger partial charge in [0.05, 0.1) is 5.75 Å². The first-order chi connectivity index (χ1) is 12.4. The normalized spacial score (nSPS) is 20.4. The fourth-order valence-corrected chi connectivity index (χ4v) is 5.92. The molecule has 1 aromatic rings. The maximum atomic E-state index is 12.7. The Hall–Kier alpha value is -1.11. The van der Waals surface area contributed by atoms with Crippen LogP contribution in [0.1, 0.15) is 44.1 Å². The van der Waals surface area contributed by atoms with E-state index in [0.29, 0.717) is 42.6 Å². The molecular weight excluding hydrogens is 372 g/mol. The van der Waals surface area contributed by atoms with Crippen molar-refractivity contribution in [3.8, 4) is 0 Å². The fraction of sp³-hybridized carbons (Fsp3) is 0.632. The first-order valence-corrected chi connectivity index (χ1v) is 11.3. The molecule has 0 unspecified atom stereocenters. The van der Waals surface area contributed by atoms with E-state index < -0.39 is 10.0 Å². The Morgan fingerprint density at radius 1 is 1.15 bits per heavy atom. The van der Waals surface area contributed by atoms with E-state index in [1.807, 2.05) is 11.9 Å². The van der Waals surface area contributed by atoms with Crippen LogP contribution >= 0.6 is 11.6 Å². The fourth-order valence-electron chi connectivity index (χ4n) is 4.04. The molecule has 0 bridgehead atoms. The summed E-state index contributed by atoms with van der Waals surface area (Å²) in [6, 6.07) is 7.39. The van der Waals surface area contributed by atoms with Gasteiger partial charge in [0, 0.05) is 37.1 Å². The molecule has 1 aliphatic heterocycles. The van der Waals surface area contributed by atoms with E-state index >= 15 is 0 Å². The number of benzene rings is 1. The zero-order valence-electron chi connectivity index (χ0n) is 15.2. The van der Waals surface area contributed by atoms with Crippen LogP contribution in [-0.2, 0) is 20.6 Å². The summed E-state index contributed by atoms with van der Waals surface area (Å²) in [5.41, 5.74) is 0.619. The van der Waals surface area contributed by atoms with Gasteiger partial charge in [0.25, 0.3) is 0 Å². The third kappa shape index (κ3) is 4.41. The lowest BCUT2D eigenvalue weighted by Crippen LogP contribution is -2.45. The molecule has 2 fully saturated rings. The van der Waals surface area contributed by atoms with Crippen LogP contribution in [0, 0.1) is 5.92 Å². The average Bonchev–Trinajstić information content (AvgIpc) is 3.17. The first-order valence-electron chi connectivity index (χ1n) is 9.36. The molecule has 5 nitrogen and oxygen atoms in total. The minimum atomic E-state index is -3.42. The SMILES string of the molecule is CN(C(=O)C1CCN(S(=O)(=O)Cc2ccccc2Cl)CC1)C1CCCC1. The van der Waals surface area contributed by atoms with E-state index in [1.54, 1.807) is 24.3 Å². The molecule has 1 aromatic carbocycles. The summed E-state index contributed by atoms with van der Waals surface area (Å²) < 4.78 is 26.9. The van der Waals surface area contributed by atoms with E-state index in [9.17, 15) is 13.2 Å². The summed E-state index contributed by atoms with van der Waals surface area (Å²) in [6.45, 7) is 0.809. The van der Waals surface area contributed by atoms with Gasteiger partial charge < -0.3 is 4.90 Å². The number of nitrogens with zero attached hydrogens (tertiary/aromatic N) is 2. The smallest absolute Gasteiger partial charge is 0.225 e. The van der Waals surface area contributed by atoms with Gasteiger partial charge in [-0.1, -0.05) is 42.6 Å². The second-order valence-corrected chi connectivity index (χ2v) is 9.78. The largest absolute Gasteiger partial charge is 0.343 e. The van der Waals surface area contributed by atoms with Gasteiger partial charge in [-0.3, -0.25) is 4.79 Å². The second kappa shape index (κ2) is 8.28. The predicted octanol–water partition coefficient (Wildman–Crippen LogP) is 3.28. The summed E-state index contributed by atoms with van der Waals surface area (Å²) in [4.78, 5) is 14.6. The van der Waals surface area contributed by atoms with Crippen molar-refractivity contribution in [3.05, 3.63) is 34.9 Å². The lowest BCUT2D eigenvalue weighted by Gasteiger charge is -2.34. The lowest BCUT2D eigenvalue weighted by atomic mass is 9.96. The number of carbonyl (C=O) groups excluding carboxylic acids is 1. The Balaban J connectivity index is 1.57. The van der Waals surface area contributed by atoms with Crippen LogP contribution in [0.4, 0.5) is 0 Å². The molecule has 3 rings (SSSR count). The molecule has 1 amide bonds. The van der Waals surface area contributed by atoms with Gasteiger partial charge in [-0.2, -0.15) is 0 Å². The van der Waals surface area contributed by atoms with Crippen molar-refractivity contribution in [2.45, 2.75) is 50.3 Å². The molecule has 1 heterocycles. The topological polar surface area (TPSA) is 57.7 Å². The van der Waals surface area contributed by atoms with Crippen LogP contribution in [0.15, 0.2) is 24.3 Å². The molecule has 1 saturated heterocycles. The minimum Gasteiger partial charge on any atom is -0.343 e. The van der Waals surface area contributed by atoms with Crippen molar-refractivity contribution < 1.29 is 13.2 Å². The summed E-state index contributed by atoms with van der Waals surface area (Å²) in [5, 5.41) is 0.472. The Morgan fingerprint density at radius 3 is 2.38 bits per heavy atom. The number of halogens is 1. The zero-order valence-corrected chi connectivity index (χ0v) is 16.8. The van der Waals surface area contributed by atoms with Crippen LogP contribution in [0.2, 0.25) is 5.02 Å². The molecular formula is C19H27ClN2O3S. The van der Waals surface area contributed by atoms with Crippen LogP contribution < -0.4 is 0 Å². The number of rotatable bonds is 5. The third-order valence-electron chi connectivity index (χ3n) is 5.71. The Labute approximate surface area is 161 Å². The second-order valence-electron chi connectivity index (χ2n) is 7.41. The molecule has 0 spiro atoms. The summed E-state index contributed by atoms with van der Waals surface area (Å²) in [7, 11) is -1.52. The van der Waals surface area contributed by atoms with Gasteiger partial charge in [0.1, 0.15) is 0 Å². The lowest BCUT2D eigenvalue weighted by molar-refractivity contribution is -0.137. The standard InChI is InChI=1S/C19H27ClN2O3S/c1-21(17-7-3-4-8-17)19(23)15-10-12-22(13-11-15)26(24,25)14-16-6-2-5-9-18(16)20/h2,5-6,9,15,17H,3-4,7-8,10-14H2,1H3. The molecule has 0 atom stereocenters. The van der Waals surface area contributed by atoms with Crippen LogP contribution in [-0.4, -0.2) is 49.7 Å². The van der Waals surface area contributed by atoms with Crippen molar-refractivity contribution in [2.24, 2.45) is 5.92 Å². The molecule has 0 aromatic heterocycles. The van der Waals surface area contributed by atoms with E-state index in [2.05, 4.69) is 0 Å². The summed E-state index contributed by atoms with van der Waals surface area (Å²) >= 11 is 6.10. The number of hydrogen-bond donors (Lipinski definition) is 0. The van der Waals surface area contributed by atoms with Gasteiger partial charge in [-0.25, -0.2) is 12.7 Å². The van der Waals surface area contributed by atoms with Crippen LogP contribution in [0.3, 0.4) is 0 Å². The van der Waals surface area contributed by atoms with Crippen molar-refractivity contribution >= 4 is 27.5 Å². The summed E-state index contributed by atoms with van der Waals surface area (Å²) in [5.74, 6) is 0.0280. The Bertz CT molecular complexity index is 739. The van der Waals surface area contributed by atoms with Crippen molar-refractivity contribution in [1.29, 1.82) is 0 Å². The average molecular weight is 399 g/mol. The first kappa shape index (κ1) is 19.6. The minimum absolute atomic E-state index is 0.0626. The van der Waals surface area contributed by atoms with E-state index in [-0.39, 0.29) is 17.6 Å². The molecule has 0 N–H and O–H groups in total. The third-order valence-corrected chi connectivity index (χ3v) is 7.91.